The van der Waals surface area contributed by atoms with E-state index in [2.05, 4.69) is 11.4 Å². The molecule has 0 fully saturated rings. The van der Waals surface area contributed by atoms with Gasteiger partial charge in [0.15, 0.2) is 0 Å². The lowest BCUT2D eigenvalue weighted by Crippen LogP contribution is -2.37. The van der Waals surface area contributed by atoms with Crippen LogP contribution < -0.4 is 5.32 Å². The van der Waals surface area contributed by atoms with Crippen molar-refractivity contribution in [3.05, 3.63) is 0 Å². The molecule has 1 N–H and O–H groups in total. The van der Waals surface area contributed by atoms with Crippen molar-refractivity contribution < 1.29 is 9.53 Å². The molecule has 86 valence electrons. The van der Waals surface area contributed by atoms with E-state index in [0.29, 0.717) is 6.54 Å². The smallest absolute Gasteiger partial charge is 0.246 e. The molecule has 0 atom stereocenters. The molecule has 0 saturated heterocycles. The van der Waals surface area contributed by atoms with Crippen LogP contribution in [0.4, 0.5) is 0 Å². The molecule has 0 spiro atoms. The van der Waals surface area contributed by atoms with Crippen molar-refractivity contribution in [3.8, 4) is 6.07 Å². The third kappa shape index (κ3) is 7.95. The van der Waals surface area contributed by atoms with Crippen LogP contribution in [0.2, 0.25) is 0 Å². The number of hydrogen-bond donors (Lipinski definition) is 1. The van der Waals surface area contributed by atoms with Crippen LogP contribution in [0.1, 0.15) is 34.6 Å². The highest BCUT2D eigenvalue weighted by molar-refractivity contribution is 5.77. The SMILES string of the molecule is CC(C)(C#N)CNC(=O)COC(C)(C)C. The number of hydrogen-bond acceptors (Lipinski definition) is 3. The minimum atomic E-state index is -0.530. The summed E-state index contributed by atoms with van der Waals surface area (Å²) in [5.41, 5.74) is -0.848. The predicted octanol–water partition coefficient (Wildman–Crippen LogP) is 1.47. The summed E-state index contributed by atoms with van der Waals surface area (Å²) in [5, 5.41) is 11.4. The van der Waals surface area contributed by atoms with Gasteiger partial charge in [-0.25, -0.2) is 0 Å². The first kappa shape index (κ1) is 13.9. The lowest BCUT2D eigenvalue weighted by Gasteiger charge is -2.20. The summed E-state index contributed by atoms with van der Waals surface area (Å²) < 4.78 is 5.30. The van der Waals surface area contributed by atoms with E-state index in [1.807, 2.05) is 20.8 Å². The Labute approximate surface area is 91.6 Å². The maximum atomic E-state index is 11.3. The van der Waals surface area contributed by atoms with Crippen LogP contribution in [-0.2, 0) is 9.53 Å². The molecule has 0 saturated carbocycles. The average Bonchev–Trinajstić information content (AvgIpc) is 2.10. The molecule has 0 aromatic heterocycles. The van der Waals surface area contributed by atoms with Gasteiger partial charge in [0.1, 0.15) is 6.61 Å². The highest BCUT2D eigenvalue weighted by Crippen LogP contribution is 2.10. The Morgan fingerprint density at radius 1 is 1.33 bits per heavy atom. The fourth-order valence-electron chi connectivity index (χ4n) is 0.692. The molecule has 1 amide bonds. The van der Waals surface area contributed by atoms with Crippen LogP contribution in [0.3, 0.4) is 0 Å². The van der Waals surface area contributed by atoms with Crippen molar-refractivity contribution in [2.75, 3.05) is 13.2 Å². The van der Waals surface area contributed by atoms with Gasteiger partial charge in [-0.05, 0) is 34.6 Å². The average molecular weight is 212 g/mol. The van der Waals surface area contributed by atoms with Gasteiger partial charge in [-0.1, -0.05) is 0 Å². The lowest BCUT2D eigenvalue weighted by atomic mass is 9.96. The van der Waals surface area contributed by atoms with Crippen molar-refractivity contribution in [3.63, 3.8) is 0 Å². The van der Waals surface area contributed by atoms with E-state index < -0.39 is 5.41 Å². The third-order valence-electron chi connectivity index (χ3n) is 1.67. The summed E-state index contributed by atoms with van der Waals surface area (Å²) in [6.45, 7) is 9.59. The van der Waals surface area contributed by atoms with Crippen LogP contribution in [0.15, 0.2) is 0 Å². The Morgan fingerprint density at radius 2 is 1.87 bits per heavy atom. The Bertz CT molecular complexity index is 259. The summed E-state index contributed by atoms with van der Waals surface area (Å²) in [4.78, 5) is 11.3. The van der Waals surface area contributed by atoms with Crippen LogP contribution in [-0.4, -0.2) is 24.7 Å². The second-order valence-electron chi connectivity index (χ2n) is 5.17. The van der Waals surface area contributed by atoms with Crippen molar-refractivity contribution in [1.82, 2.24) is 5.32 Å². The van der Waals surface area contributed by atoms with E-state index in [-0.39, 0.29) is 18.1 Å². The van der Waals surface area contributed by atoms with Crippen molar-refractivity contribution >= 4 is 5.91 Å². The van der Waals surface area contributed by atoms with Crippen molar-refractivity contribution in [2.45, 2.75) is 40.2 Å². The molecule has 0 aromatic rings. The summed E-state index contributed by atoms with van der Waals surface area (Å²) >= 11 is 0. The van der Waals surface area contributed by atoms with Gasteiger partial charge in [0.05, 0.1) is 17.1 Å². The molecular weight excluding hydrogens is 192 g/mol. The minimum Gasteiger partial charge on any atom is -0.366 e. The highest BCUT2D eigenvalue weighted by atomic mass is 16.5. The monoisotopic (exact) mass is 212 g/mol. The second-order valence-corrected chi connectivity index (χ2v) is 5.17. The molecule has 0 radical (unpaired) electrons. The summed E-state index contributed by atoms with van der Waals surface area (Å²) in [5.74, 6) is -0.187. The first-order chi connectivity index (χ1) is 6.66. The zero-order valence-electron chi connectivity index (χ0n) is 10.2. The van der Waals surface area contributed by atoms with Crippen LogP contribution in [0.5, 0.6) is 0 Å². The van der Waals surface area contributed by atoms with Gasteiger partial charge in [0.25, 0.3) is 0 Å². The number of carbonyl (C=O) groups excluding carboxylic acids is 1. The zero-order chi connectivity index (χ0) is 12.1. The summed E-state index contributed by atoms with van der Waals surface area (Å²) in [6.07, 6.45) is 0. The number of nitriles is 1. The van der Waals surface area contributed by atoms with E-state index in [4.69, 9.17) is 10.00 Å². The van der Waals surface area contributed by atoms with Gasteiger partial charge >= 0.3 is 0 Å². The van der Waals surface area contributed by atoms with Gasteiger partial charge in [0, 0.05) is 6.54 Å². The first-order valence-electron chi connectivity index (χ1n) is 4.98. The number of nitrogens with one attached hydrogen (secondary N) is 1. The number of ether oxygens (including phenoxy) is 1. The Balaban J connectivity index is 3.83. The van der Waals surface area contributed by atoms with Gasteiger partial charge in [0.2, 0.25) is 5.91 Å². The van der Waals surface area contributed by atoms with Crippen LogP contribution >= 0.6 is 0 Å². The molecular formula is C11H20N2O2. The predicted molar refractivity (Wildman–Crippen MR) is 58.1 cm³/mol. The lowest BCUT2D eigenvalue weighted by molar-refractivity contribution is -0.130. The van der Waals surface area contributed by atoms with Crippen molar-refractivity contribution in [2.24, 2.45) is 5.41 Å². The maximum absolute atomic E-state index is 11.3. The molecule has 0 rings (SSSR count). The molecule has 0 aliphatic carbocycles. The standard InChI is InChI=1S/C11H20N2O2/c1-10(2,3)15-6-9(14)13-8-11(4,5)7-12/h6,8H2,1-5H3,(H,13,14). The Morgan fingerprint density at radius 3 is 2.27 bits per heavy atom. The molecule has 4 heteroatoms. The van der Waals surface area contributed by atoms with Gasteiger partial charge in [-0.3, -0.25) is 4.79 Å². The summed E-state index contributed by atoms with van der Waals surface area (Å²) in [7, 11) is 0. The molecule has 0 heterocycles. The Hall–Kier alpha value is -1.08. The Kier molecular flexibility index (Phi) is 4.76. The summed E-state index contributed by atoms with van der Waals surface area (Å²) in [6, 6.07) is 2.11. The largest absolute Gasteiger partial charge is 0.366 e. The number of rotatable bonds is 4. The van der Waals surface area contributed by atoms with Gasteiger partial charge in [-0.2, -0.15) is 5.26 Å². The zero-order valence-corrected chi connectivity index (χ0v) is 10.2. The van der Waals surface area contributed by atoms with E-state index in [1.54, 1.807) is 13.8 Å². The fraction of sp³-hybridized carbons (Fsp3) is 0.818. The molecule has 0 aliphatic heterocycles. The maximum Gasteiger partial charge on any atom is 0.246 e. The van der Waals surface area contributed by atoms with E-state index in [1.165, 1.54) is 0 Å². The fourth-order valence-corrected chi connectivity index (χ4v) is 0.692. The number of nitrogens with zero attached hydrogens (tertiary/aromatic N) is 1. The molecule has 0 aliphatic rings. The second kappa shape index (κ2) is 5.13. The molecule has 0 bridgehead atoms. The van der Waals surface area contributed by atoms with E-state index in [9.17, 15) is 4.79 Å². The normalized spacial score (nSPS) is 12.0. The first-order valence-corrected chi connectivity index (χ1v) is 4.98. The van der Waals surface area contributed by atoms with Crippen LogP contribution in [0, 0.1) is 16.7 Å². The van der Waals surface area contributed by atoms with E-state index in [0.717, 1.165) is 0 Å². The third-order valence-corrected chi connectivity index (χ3v) is 1.67. The molecule has 0 aromatic carbocycles. The van der Waals surface area contributed by atoms with Gasteiger partial charge in [-0.15, -0.1) is 0 Å². The molecule has 4 nitrogen and oxygen atoms in total. The minimum absolute atomic E-state index is 0.0327. The number of amides is 1. The number of carbonyl (C=O) groups is 1. The molecule has 0 unspecified atom stereocenters. The highest BCUT2D eigenvalue weighted by Gasteiger charge is 2.18. The topological polar surface area (TPSA) is 62.1 Å². The van der Waals surface area contributed by atoms with Crippen LogP contribution in [0.25, 0.3) is 0 Å². The van der Waals surface area contributed by atoms with E-state index >= 15 is 0 Å². The van der Waals surface area contributed by atoms with Crippen molar-refractivity contribution in [1.29, 1.82) is 5.26 Å². The van der Waals surface area contributed by atoms with Gasteiger partial charge < -0.3 is 10.1 Å². The quantitative estimate of drug-likeness (QED) is 0.767. The molecule has 15 heavy (non-hydrogen) atoms.